The van der Waals surface area contributed by atoms with Crippen LogP contribution in [-0.2, 0) is 7.05 Å². The van der Waals surface area contributed by atoms with Crippen molar-refractivity contribution >= 4 is 11.5 Å². The lowest BCUT2D eigenvalue weighted by Gasteiger charge is -2.19. The maximum Gasteiger partial charge on any atom is 0.210 e. The van der Waals surface area contributed by atoms with E-state index >= 15 is 0 Å². The smallest absolute Gasteiger partial charge is 0.210 e. The van der Waals surface area contributed by atoms with Crippen LogP contribution in [0.3, 0.4) is 0 Å². The number of carbonyl (C=O) groups is 1. The van der Waals surface area contributed by atoms with Crippen molar-refractivity contribution in [1.82, 2.24) is 14.8 Å². The number of ketones is 1. The van der Waals surface area contributed by atoms with Gasteiger partial charge in [0, 0.05) is 24.9 Å². The van der Waals surface area contributed by atoms with Crippen molar-refractivity contribution < 1.29 is 13.9 Å². The molecule has 0 bridgehead atoms. The first-order chi connectivity index (χ1) is 15.0. The van der Waals surface area contributed by atoms with Gasteiger partial charge in [-0.3, -0.25) is 14.5 Å². The highest BCUT2D eigenvalue weighted by Gasteiger charge is 2.27. The topological polar surface area (TPSA) is 69.0 Å². The summed E-state index contributed by atoms with van der Waals surface area (Å²) in [5.41, 5.74) is 3.15. The molecule has 0 fully saturated rings. The molecular formula is C24H21FN4O2. The van der Waals surface area contributed by atoms with Gasteiger partial charge in [-0.15, -0.1) is 0 Å². The third-order valence-electron chi connectivity index (χ3n) is 4.87. The van der Waals surface area contributed by atoms with E-state index < -0.39 is 6.04 Å². The van der Waals surface area contributed by atoms with Crippen LogP contribution in [0, 0.1) is 5.82 Å². The molecule has 4 rings (SSSR count). The Hall–Kier alpha value is -4.00. The number of halogens is 1. The molecule has 31 heavy (non-hydrogen) atoms. The Morgan fingerprint density at radius 1 is 1.10 bits per heavy atom. The maximum absolute atomic E-state index is 13.7. The van der Waals surface area contributed by atoms with Crippen LogP contribution in [-0.4, -0.2) is 27.7 Å². The fourth-order valence-electron chi connectivity index (χ4n) is 3.37. The normalized spacial score (nSPS) is 11.7. The van der Waals surface area contributed by atoms with Gasteiger partial charge in [-0.05, 0) is 23.3 Å². The van der Waals surface area contributed by atoms with Crippen molar-refractivity contribution in [3.8, 4) is 16.9 Å². The minimum absolute atomic E-state index is 0.242. The molecule has 2 aromatic carbocycles. The molecule has 7 heteroatoms. The van der Waals surface area contributed by atoms with E-state index in [9.17, 15) is 9.18 Å². The van der Waals surface area contributed by atoms with Crippen molar-refractivity contribution in [2.24, 2.45) is 7.05 Å². The molecule has 2 heterocycles. The highest BCUT2D eigenvalue weighted by Crippen LogP contribution is 2.30. The number of aryl methyl sites for hydroxylation is 1. The summed E-state index contributed by atoms with van der Waals surface area (Å²) in [6.45, 7) is 0. The second-order valence-electron chi connectivity index (χ2n) is 7.04. The first kappa shape index (κ1) is 20.3. The lowest BCUT2D eigenvalue weighted by Crippen LogP contribution is -2.22. The molecule has 1 N–H and O–H groups in total. The van der Waals surface area contributed by atoms with Gasteiger partial charge in [0.25, 0.3) is 0 Å². The van der Waals surface area contributed by atoms with E-state index in [-0.39, 0.29) is 11.6 Å². The molecule has 1 unspecified atom stereocenters. The van der Waals surface area contributed by atoms with E-state index in [1.54, 1.807) is 49.4 Å². The number of ether oxygens (including phenoxy) is 1. The molecule has 6 nitrogen and oxygen atoms in total. The minimum atomic E-state index is -0.799. The highest BCUT2D eigenvalue weighted by atomic mass is 19.1. The summed E-state index contributed by atoms with van der Waals surface area (Å²) in [6, 6.07) is 16.4. The van der Waals surface area contributed by atoms with E-state index in [0.29, 0.717) is 22.7 Å². The predicted octanol–water partition coefficient (Wildman–Crippen LogP) is 4.67. The maximum atomic E-state index is 13.7. The first-order valence-electron chi connectivity index (χ1n) is 9.69. The number of rotatable bonds is 7. The third kappa shape index (κ3) is 4.45. The molecule has 0 saturated carbocycles. The molecular weight excluding hydrogens is 395 g/mol. The number of methoxy groups -OCH3 is 1. The summed E-state index contributed by atoms with van der Waals surface area (Å²) >= 11 is 0. The number of hydrogen-bond acceptors (Lipinski definition) is 5. The van der Waals surface area contributed by atoms with Crippen LogP contribution in [0.15, 0.2) is 79.3 Å². The monoisotopic (exact) mass is 416 g/mol. The number of carbonyl (C=O) groups excluding carboxylic acids is 1. The molecule has 0 radical (unpaired) electrons. The number of nitrogens with one attached hydrogen (secondary N) is 1. The Morgan fingerprint density at radius 2 is 1.84 bits per heavy atom. The van der Waals surface area contributed by atoms with E-state index in [2.05, 4.69) is 15.4 Å². The summed E-state index contributed by atoms with van der Waals surface area (Å²) < 4.78 is 20.4. The molecule has 4 aromatic rings. The lowest BCUT2D eigenvalue weighted by molar-refractivity contribution is 0.0964. The Kier molecular flexibility index (Phi) is 5.75. The van der Waals surface area contributed by atoms with Crippen LogP contribution in [0.4, 0.5) is 10.1 Å². The molecule has 0 aliphatic carbocycles. The molecule has 1 atom stereocenters. The quantitative estimate of drug-likeness (QED) is 0.444. The lowest BCUT2D eigenvalue weighted by atomic mass is 9.96. The van der Waals surface area contributed by atoms with Gasteiger partial charge in [0.05, 0.1) is 25.2 Å². The van der Waals surface area contributed by atoms with Crippen LogP contribution >= 0.6 is 0 Å². The average molecular weight is 416 g/mol. The van der Waals surface area contributed by atoms with Crippen LogP contribution in [0.5, 0.6) is 5.75 Å². The number of aromatic nitrogens is 3. The van der Waals surface area contributed by atoms with Gasteiger partial charge in [-0.25, -0.2) is 4.39 Å². The van der Waals surface area contributed by atoms with Gasteiger partial charge < -0.3 is 10.1 Å². The zero-order valence-electron chi connectivity index (χ0n) is 17.1. The van der Waals surface area contributed by atoms with Gasteiger partial charge in [-0.2, -0.15) is 5.10 Å². The van der Waals surface area contributed by atoms with Crippen molar-refractivity contribution in [2.75, 3.05) is 12.4 Å². The van der Waals surface area contributed by atoms with E-state index in [1.165, 1.54) is 12.1 Å². The molecule has 156 valence electrons. The standard InChI is InChI=1S/C24H21FN4O2/c1-29-15-21(16-6-4-3-5-7-16)23(28-29)24(30)22(17-8-10-18(25)11-9-17)27-19-12-20(31-2)14-26-13-19/h3-15,22,27H,1-2H3. The largest absolute Gasteiger partial charge is 0.495 e. The summed E-state index contributed by atoms with van der Waals surface area (Å²) in [5, 5.41) is 7.65. The summed E-state index contributed by atoms with van der Waals surface area (Å²) in [4.78, 5) is 17.9. The molecule has 0 saturated heterocycles. The number of benzene rings is 2. The number of nitrogens with zero attached hydrogens (tertiary/aromatic N) is 3. The molecule has 0 amide bonds. The first-order valence-corrected chi connectivity index (χ1v) is 9.69. The van der Waals surface area contributed by atoms with Crippen molar-refractivity contribution in [2.45, 2.75) is 6.04 Å². The van der Waals surface area contributed by atoms with Crippen LogP contribution in [0.25, 0.3) is 11.1 Å². The van der Waals surface area contributed by atoms with E-state index in [1.807, 2.05) is 36.5 Å². The summed E-state index contributed by atoms with van der Waals surface area (Å²) in [5.74, 6) is -0.0622. The second-order valence-corrected chi connectivity index (χ2v) is 7.04. The van der Waals surface area contributed by atoms with Crippen LogP contribution in [0.1, 0.15) is 22.1 Å². The van der Waals surface area contributed by atoms with Crippen molar-refractivity contribution in [3.05, 3.63) is 96.3 Å². The van der Waals surface area contributed by atoms with E-state index in [0.717, 1.165) is 11.1 Å². The van der Waals surface area contributed by atoms with Crippen molar-refractivity contribution in [3.63, 3.8) is 0 Å². The predicted molar refractivity (Wildman–Crippen MR) is 117 cm³/mol. The fraction of sp³-hybridized carbons (Fsp3) is 0.125. The summed E-state index contributed by atoms with van der Waals surface area (Å²) in [6.07, 6.45) is 4.99. The fourth-order valence-corrected chi connectivity index (χ4v) is 3.37. The molecule has 2 aromatic heterocycles. The zero-order valence-corrected chi connectivity index (χ0v) is 17.1. The van der Waals surface area contributed by atoms with E-state index in [4.69, 9.17) is 4.74 Å². The van der Waals surface area contributed by atoms with Gasteiger partial charge in [0.1, 0.15) is 23.3 Å². The highest BCUT2D eigenvalue weighted by molar-refractivity contribution is 6.05. The summed E-state index contributed by atoms with van der Waals surface area (Å²) in [7, 11) is 3.32. The SMILES string of the molecule is COc1cncc(NC(C(=O)c2nn(C)cc2-c2ccccc2)c2ccc(F)cc2)c1. The molecule has 0 spiro atoms. The van der Waals surface area contributed by atoms with Gasteiger partial charge in [-0.1, -0.05) is 42.5 Å². The average Bonchev–Trinajstić information content (AvgIpc) is 3.20. The number of hydrogen-bond donors (Lipinski definition) is 1. The van der Waals surface area contributed by atoms with Gasteiger partial charge in [0.15, 0.2) is 0 Å². The minimum Gasteiger partial charge on any atom is -0.495 e. The third-order valence-corrected chi connectivity index (χ3v) is 4.87. The second kappa shape index (κ2) is 8.79. The Bertz CT molecular complexity index is 1190. The molecule has 0 aliphatic heterocycles. The number of Topliss-reactive ketones (excluding diaryl/α,β-unsaturated/α-hetero) is 1. The van der Waals surface area contributed by atoms with Gasteiger partial charge in [0.2, 0.25) is 5.78 Å². The zero-order chi connectivity index (χ0) is 21.8. The van der Waals surface area contributed by atoms with Gasteiger partial charge >= 0.3 is 0 Å². The van der Waals surface area contributed by atoms with Crippen molar-refractivity contribution in [1.29, 1.82) is 0 Å². The van der Waals surface area contributed by atoms with Crippen LogP contribution in [0.2, 0.25) is 0 Å². The Labute approximate surface area is 179 Å². The van der Waals surface area contributed by atoms with Crippen LogP contribution < -0.4 is 10.1 Å². The number of pyridine rings is 1. The molecule has 0 aliphatic rings. The Morgan fingerprint density at radius 3 is 2.55 bits per heavy atom. The number of anilines is 1. The Balaban J connectivity index is 1.77.